The number of nitrogens with one attached hydrogen (secondary N) is 1. The van der Waals surface area contributed by atoms with Crippen molar-refractivity contribution in [2.45, 2.75) is 0 Å². The molecule has 0 radical (unpaired) electrons. The van der Waals surface area contributed by atoms with Gasteiger partial charge < -0.3 is 10.4 Å². The maximum Gasteiger partial charge on any atom is 0.259 e. The first-order chi connectivity index (χ1) is 11.7. The second kappa shape index (κ2) is 6.63. The number of aromatic hydroxyl groups is 1. The fraction of sp³-hybridized carbons (Fsp3) is 0. The van der Waals surface area contributed by atoms with Crippen molar-refractivity contribution in [1.29, 1.82) is 5.26 Å². The largest absolute Gasteiger partial charge is 0.507 e. The Hall–Kier alpha value is -3.65. The highest BCUT2D eigenvalue weighted by molar-refractivity contribution is 6.06. The quantitative estimate of drug-likeness (QED) is 0.773. The van der Waals surface area contributed by atoms with Crippen LogP contribution in [0, 0.1) is 11.3 Å². The first kappa shape index (κ1) is 15.3. The second-order valence-corrected chi connectivity index (χ2v) is 5.12. The van der Waals surface area contributed by atoms with Crippen LogP contribution in [0.2, 0.25) is 0 Å². The van der Waals surface area contributed by atoms with Gasteiger partial charge in [0.1, 0.15) is 5.75 Å². The normalized spacial score (nSPS) is 9.96. The molecule has 1 heterocycles. The van der Waals surface area contributed by atoms with Crippen LogP contribution in [0.1, 0.15) is 15.9 Å². The smallest absolute Gasteiger partial charge is 0.259 e. The summed E-state index contributed by atoms with van der Waals surface area (Å²) in [6.07, 6.45) is 3.36. The van der Waals surface area contributed by atoms with Crippen LogP contribution in [0.5, 0.6) is 5.75 Å². The predicted molar refractivity (Wildman–Crippen MR) is 90.4 cm³/mol. The van der Waals surface area contributed by atoms with Gasteiger partial charge in [-0.15, -0.1) is 0 Å². The molecule has 116 valence electrons. The van der Waals surface area contributed by atoms with Crippen molar-refractivity contribution in [2.75, 3.05) is 5.32 Å². The summed E-state index contributed by atoms with van der Waals surface area (Å²) in [6.45, 7) is 0. The molecule has 0 fully saturated rings. The number of carbonyl (C=O) groups excluding carboxylic acids is 1. The van der Waals surface area contributed by atoms with E-state index in [-0.39, 0.29) is 11.3 Å². The van der Waals surface area contributed by atoms with E-state index in [0.29, 0.717) is 11.3 Å². The zero-order valence-corrected chi connectivity index (χ0v) is 12.6. The molecule has 0 atom stereocenters. The standard InChI is InChI=1S/C19H13N3O2/c20-11-13-3-6-16(7-4-13)22-19(24)17-10-14(5-8-18(17)23)15-2-1-9-21-12-15/h1-10,12,23H,(H,22,24). The van der Waals surface area contributed by atoms with Gasteiger partial charge in [-0.25, -0.2) is 0 Å². The minimum atomic E-state index is -0.428. The Bertz CT molecular complexity index is 914. The maximum absolute atomic E-state index is 12.4. The molecule has 0 saturated carbocycles. The van der Waals surface area contributed by atoms with E-state index in [1.807, 2.05) is 12.1 Å². The Morgan fingerprint density at radius 3 is 2.54 bits per heavy atom. The number of phenols is 1. The van der Waals surface area contributed by atoms with Crippen LogP contribution in [-0.2, 0) is 0 Å². The van der Waals surface area contributed by atoms with Crippen LogP contribution in [0.25, 0.3) is 11.1 Å². The summed E-state index contributed by atoms with van der Waals surface area (Å²) < 4.78 is 0. The van der Waals surface area contributed by atoms with E-state index in [4.69, 9.17) is 5.26 Å². The van der Waals surface area contributed by atoms with Crippen molar-refractivity contribution >= 4 is 11.6 Å². The molecule has 24 heavy (non-hydrogen) atoms. The van der Waals surface area contributed by atoms with Crippen LogP contribution in [0.3, 0.4) is 0 Å². The summed E-state index contributed by atoms with van der Waals surface area (Å²) >= 11 is 0. The highest BCUT2D eigenvalue weighted by Crippen LogP contribution is 2.26. The highest BCUT2D eigenvalue weighted by Gasteiger charge is 2.13. The molecule has 3 aromatic rings. The molecule has 1 amide bonds. The van der Waals surface area contributed by atoms with E-state index in [9.17, 15) is 9.90 Å². The van der Waals surface area contributed by atoms with Crippen molar-refractivity contribution in [3.8, 4) is 22.9 Å². The zero-order chi connectivity index (χ0) is 16.9. The summed E-state index contributed by atoms with van der Waals surface area (Å²) in [6, 6.07) is 17.0. The number of anilines is 1. The topological polar surface area (TPSA) is 86.0 Å². The van der Waals surface area contributed by atoms with Crippen molar-refractivity contribution in [2.24, 2.45) is 0 Å². The summed E-state index contributed by atoms with van der Waals surface area (Å²) in [4.78, 5) is 16.5. The van der Waals surface area contributed by atoms with Gasteiger partial charge in [-0.1, -0.05) is 12.1 Å². The number of hydrogen-bond acceptors (Lipinski definition) is 4. The second-order valence-electron chi connectivity index (χ2n) is 5.12. The van der Waals surface area contributed by atoms with E-state index in [0.717, 1.165) is 11.1 Å². The molecule has 0 aliphatic rings. The molecule has 0 saturated heterocycles. The Balaban J connectivity index is 1.87. The Labute approximate surface area is 138 Å². The number of amides is 1. The Morgan fingerprint density at radius 1 is 1.08 bits per heavy atom. The van der Waals surface area contributed by atoms with Crippen LogP contribution >= 0.6 is 0 Å². The lowest BCUT2D eigenvalue weighted by Gasteiger charge is -2.09. The molecule has 0 aliphatic heterocycles. The highest BCUT2D eigenvalue weighted by atomic mass is 16.3. The first-order valence-electron chi connectivity index (χ1n) is 7.22. The average molecular weight is 315 g/mol. The number of rotatable bonds is 3. The summed E-state index contributed by atoms with van der Waals surface area (Å²) in [5.41, 5.74) is 2.86. The molecule has 0 unspecified atom stereocenters. The molecular weight excluding hydrogens is 302 g/mol. The van der Waals surface area contributed by atoms with E-state index >= 15 is 0 Å². The number of carbonyl (C=O) groups is 1. The van der Waals surface area contributed by atoms with Gasteiger partial charge in [0.25, 0.3) is 5.91 Å². The van der Waals surface area contributed by atoms with Gasteiger partial charge in [-0.3, -0.25) is 9.78 Å². The molecule has 1 aromatic heterocycles. The number of benzene rings is 2. The fourth-order valence-electron chi connectivity index (χ4n) is 2.26. The SMILES string of the molecule is N#Cc1ccc(NC(=O)c2cc(-c3cccnc3)ccc2O)cc1. The predicted octanol–water partition coefficient (Wildman–Crippen LogP) is 3.58. The third-order valence-corrected chi connectivity index (χ3v) is 3.51. The van der Waals surface area contributed by atoms with Gasteiger partial charge in [-0.2, -0.15) is 5.26 Å². The maximum atomic E-state index is 12.4. The van der Waals surface area contributed by atoms with Crippen molar-refractivity contribution in [3.05, 3.63) is 78.1 Å². The van der Waals surface area contributed by atoms with Crippen LogP contribution in [-0.4, -0.2) is 16.0 Å². The molecular formula is C19H13N3O2. The number of aromatic nitrogens is 1. The third kappa shape index (κ3) is 3.23. The summed E-state index contributed by atoms with van der Waals surface area (Å²) in [7, 11) is 0. The molecule has 2 N–H and O–H groups in total. The monoisotopic (exact) mass is 315 g/mol. The van der Waals surface area contributed by atoms with E-state index < -0.39 is 5.91 Å². The van der Waals surface area contributed by atoms with Crippen LogP contribution < -0.4 is 5.32 Å². The lowest BCUT2D eigenvalue weighted by atomic mass is 10.0. The fourth-order valence-corrected chi connectivity index (χ4v) is 2.26. The van der Waals surface area contributed by atoms with Crippen LogP contribution in [0.15, 0.2) is 67.0 Å². The third-order valence-electron chi connectivity index (χ3n) is 3.51. The zero-order valence-electron chi connectivity index (χ0n) is 12.6. The van der Waals surface area contributed by atoms with Gasteiger partial charge in [0.2, 0.25) is 0 Å². The minimum absolute atomic E-state index is 0.103. The lowest BCUT2D eigenvalue weighted by Crippen LogP contribution is -2.12. The number of nitriles is 1. The Morgan fingerprint density at radius 2 is 1.88 bits per heavy atom. The summed E-state index contributed by atoms with van der Waals surface area (Å²) in [5.74, 6) is -0.531. The van der Waals surface area contributed by atoms with Gasteiger partial charge in [-0.05, 0) is 48.0 Å². The Kier molecular flexibility index (Phi) is 4.21. The molecule has 3 rings (SSSR count). The number of pyridine rings is 1. The van der Waals surface area contributed by atoms with Crippen molar-refractivity contribution < 1.29 is 9.90 Å². The molecule has 2 aromatic carbocycles. The van der Waals surface area contributed by atoms with E-state index in [1.54, 1.807) is 54.9 Å². The minimum Gasteiger partial charge on any atom is -0.507 e. The molecule has 5 heteroatoms. The number of phenolic OH excluding ortho intramolecular Hbond substituents is 1. The van der Waals surface area contributed by atoms with Gasteiger partial charge in [0.05, 0.1) is 17.2 Å². The number of nitrogens with zero attached hydrogens (tertiary/aromatic N) is 2. The molecule has 0 bridgehead atoms. The molecule has 5 nitrogen and oxygen atoms in total. The van der Waals surface area contributed by atoms with Crippen molar-refractivity contribution in [1.82, 2.24) is 4.98 Å². The van der Waals surface area contributed by atoms with Crippen molar-refractivity contribution in [3.63, 3.8) is 0 Å². The number of hydrogen-bond donors (Lipinski definition) is 2. The van der Waals surface area contributed by atoms with Gasteiger partial charge in [0.15, 0.2) is 0 Å². The van der Waals surface area contributed by atoms with E-state index in [2.05, 4.69) is 10.3 Å². The molecule has 0 aliphatic carbocycles. The van der Waals surface area contributed by atoms with Gasteiger partial charge in [0, 0.05) is 23.6 Å². The first-order valence-corrected chi connectivity index (χ1v) is 7.22. The van der Waals surface area contributed by atoms with E-state index in [1.165, 1.54) is 6.07 Å². The lowest BCUT2D eigenvalue weighted by molar-refractivity contribution is 0.102. The van der Waals surface area contributed by atoms with Crippen LogP contribution in [0.4, 0.5) is 5.69 Å². The average Bonchev–Trinajstić information content (AvgIpc) is 2.63. The van der Waals surface area contributed by atoms with Gasteiger partial charge >= 0.3 is 0 Å². The summed E-state index contributed by atoms with van der Waals surface area (Å²) in [5, 5.41) is 21.5. The molecule has 0 spiro atoms.